The Balaban J connectivity index is 0.935. The van der Waals surface area contributed by atoms with Gasteiger partial charge in [0.25, 0.3) is 0 Å². The molecule has 0 aliphatic heterocycles. The van der Waals surface area contributed by atoms with Crippen LogP contribution in [0.1, 0.15) is 43.1 Å². The fourth-order valence-corrected chi connectivity index (χ4v) is 6.06. The minimum Gasteiger partial charge on any atom is -0.457 e. The molecule has 212 valence electrons. The number of anilines is 1. The smallest absolute Gasteiger partial charge is 0.145 e. The summed E-state index contributed by atoms with van der Waals surface area (Å²) in [6.07, 6.45) is 14.6. The average Bonchev–Trinajstić information content (AvgIpc) is 3.76. The first-order valence-electron chi connectivity index (χ1n) is 14.8. The summed E-state index contributed by atoms with van der Waals surface area (Å²) in [6.45, 7) is 2.97. The predicted octanol–water partition coefficient (Wildman–Crippen LogP) is 6.27. The number of aromatic nitrogens is 5. The zero-order chi connectivity index (χ0) is 27.9. The van der Waals surface area contributed by atoms with Crippen LogP contribution < -0.4 is 15.4 Å². The number of rotatable bonds is 13. The molecular formula is C33H39N7O. The number of hydrogen-bond acceptors (Lipinski definition) is 6. The number of fused-ring (bicyclic) bond motifs is 1. The molecule has 1 aliphatic carbocycles. The summed E-state index contributed by atoms with van der Waals surface area (Å²) in [5.74, 6) is 4.48. The van der Waals surface area contributed by atoms with E-state index in [1.54, 1.807) is 6.33 Å². The molecule has 41 heavy (non-hydrogen) atoms. The molecule has 5 aromatic rings. The Morgan fingerprint density at radius 2 is 1.80 bits per heavy atom. The van der Waals surface area contributed by atoms with Gasteiger partial charge in [0.1, 0.15) is 35.1 Å². The number of aryl methyl sites for hydroxylation is 1. The zero-order valence-electron chi connectivity index (χ0n) is 23.7. The molecule has 2 N–H and O–H groups in total. The number of ether oxygens (including phenoxy) is 1. The van der Waals surface area contributed by atoms with E-state index in [0.717, 1.165) is 67.2 Å². The van der Waals surface area contributed by atoms with Crippen molar-refractivity contribution in [2.24, 2.45) is 5.92 Å². The number of hydrogen-bond donors (Lipinski definition) is 2. The minimum atomic E-state index is 0.485. The highest BCUT2D eigenvalue weighted by Gasteiger charge is 2.28. The number of imidazole rings is 1. The summed E-state index contributed by atoms with van der Waals surface area (Å²) < 4.78 is 10.7. The monoisotopic (exact) mass is 549 g/mol. The number of nitrogens with zero attached hydrogens (tertiary/aromatic N) is 5. The molecule has 8 nitrogen and oxygen atoms in total. The van der Waals surface area contributed by atoms with Crippen LogP contribution >= 0.6 is 0 Å². The van der Waals surface area contributed by atoms with Crippen LogP contribution in [0.25, 0.3) is 11.0 Å². The Morgan fingerprint density at radius 3 is 2.71 bits per heavy atom. The molecule has 2 aromatic carbocycles. The Hall–Kier alpha value is -4.17. The van der Waals surface area contributed by atoms with Gasteiger partial charge in [0.05, 0.1) is 5.39 Å². The molecule has 0 bridgehead atoms. The fourth-order valence-electron chi connectivity index (χ4n) is 6.06. The Labute approximate surface area is 241 Å². The Morgan fingerprint density at radius 1 is 0.902 bits per heavy atom. The lowest BCUT2D eigenvalue weighted by molar-refractivity contribution is 0.421. The second-order valence-electron chi connectivity index (χ2n) is 10.9. The van der Waals surface area contributed by atoms with Gasteiger partial charge in [0.15, 0.2) is 0 Å². The molecule has 1 fully saturated rings. The van der Waals surface area contributed by atoms with Gasteiger partial charge in [-0.2, -0.15) is 0 Å². The number of para-hydroxylation sites is 1. The Bertz CT molecular complexity index is 1540. The molecule has 0 radical (unpaired) electrons. The van der Waals surface area contributed by atoms with Gasteiger partial charge < -0.3 is 24.5 Å². The van der Waals surface area contributed by atoms with Crippen LogP contribution in [0.4, 0.5) is 5.82 Å². The maximum Gasteiger partial charge on any atom is 0.145 e. The van der Waals surface area contributed by atoms with Crippen molar-refractivity contribution < 1.29 is 4.74 Å². The lowest BCUT2D eigenvalue weighted by Gasteiger charge is -2.16. The van der Waals surface area contributed by atoms with Crippen LogP contribution in [0.3, 0.4) is 0 Å². The maximum atomic E-state index is 5.98. The second kappa shape index (κ2) is 13.0. The van der Waals surface area contributed by atoms with E-state index < -0.39 is 0 Å². The molecule has 2 unspecified atom stereocenters. The summed E-state index contributed by atoms with van der Waals surface area (Å²) in [4.78, 5) is 13.6. The van der Waals surface area contributed by atoms with Crippen molar-refractivity contribution >= 4 is 16.9 Å². The highest BCUT2D eigenvalue weighted by atomic mass is 16.5. The third-order valence-electron chi connectivity index (χ3n) is 8.13. The van der Waals surface area contributed by atoms with Crippen molar-refractivity contribution in [3.63, 3.8) is 0 Å². The van der Waals surface area contributed by atoms with Gasteiger partial charge in [-0.15, -0.1) is 0 Å². The molecule has 0 spiro atoms. The summed E-state index contributed by atoms with van der Waals surface area (Å²) in [7, 11) is 1.91. The zero-order valence-corrected chi connectivity index (χ0v) is 23.7. The van der Waals surface area contributed by atoms with Crippen molar-refractivity contribution in [3.05, 3.63) is 97.0 Å². The quantitative estimate of drug-likeness (QED) is 0.169. The molecule has 3 heterocycles. The van der Waals surface area contributed by atoms with E-state index in [4.69, 9.17) is 4.74 Å². The number of nitrogens with one attached hydrogen (secondary N) is 2. The first kappa shape index (κ1) is 27.0. The van der Waals surface area contributed by atoms with Crippen molar-refractivity contribution in [3.8, 4) is 11.5 Å². The molecule has 0 saturated heterocycles. The highest BCUT2D eigenvalue weighted by Crippen LogP contribution is 2.38. The molecule has 0 amide bonds. The van der Waals surface area contributed by atoms with Gasteiger partial charge in [-0.3, -0.25) is 0 Å². The standard InChI is InChI=1S/C33H39N7O/c1-34-32-30-15-19-40(33(30)38-24-37-32)27-13-12-26(21-27)23-39-20-18-36-31(39)11-6-16-35-17-14-25-7-5-10-29(22-25)41-28-8-3-2-4-9-28/h2-5,7-10,15,18-20,22,24,26-27,35H,6,11-14,16-17,21,23H2,1H3,(H,34,37,38). The molecule has 8 heteroatoms. The lowest BCUT2D eigenvalue weighted by atomic mass is 10.1. The predicted molar refractivity (Wildman–Crippen MR) is 164 cm³/mol. The first-order chi connectivity index (χ1) is 20.3. The van der Waals surface area contributed by atoms with Gasteiger partial charge in [-0.25, -0.2) is 15.0 Å². The first-order valence-corrected chi connectivity index (χ1v) is 14.8. The van der Waals surface area contributed by atoms with Crippen molar-refractivity contribution in [2.75, 3.05) is 25.5 Å². The van der Waals surface area contributed by atoms with Crippen LogP contribution in [0.2, 0.25) is 0 Å². The van der Waals surface area contributed by atoms with Crippen LogP contribution in [0.5, 0.6) is 11.5 Å². The molecule has 2 atom stereocenters. The van der Waals surface area contributed by atoms with Gasteiger partial charge in [-0.1, -0.05) is 30.3 Å². The summed E-state index contributed by atoms with van der Waals surface area (Å²) in [5, 5.41) is 7.88. The van der Waals surface area contributed by atoms with Crippen LogP contribution in [0, 0.1) is 5.92 Å². The highest BCUT2D eigenvalue weighted by molar-refractivity contribution is 5.87. The normalized spacial score (nSPS) is 16.8. The van der Waals surface area contributed by atoms with Crippen LogP contribution in [-0.4, -0.2) is 44.2 Å². The third kappa shape index (κ3) is 6.60. The van der Waals surface area contributed by atoms with Crippen molar-refractivity contribution in [2.45, 2.75) is 51.1 Å². The van der Waals surface area contributed by atoms with Gasteiger partial charge >= 0.3 is 0 Å². The minimum absolute atomic E-state index is 0.485. The van der Waals surface area contributed by atoms with E-state index >= 15 is 0 Å². The van der Waals surface area contributed by atoms with Crippen LogP contribution in [0.15, 0.2) is 85.6 Å². The molecule has 1 saturated carbocycles. The van der Waals surface area contributed by atoms with E-state index in [1.807, 2.05) is 49.6 Å². The molecular weight excluding hydrogens is 510 g/mol. The fraction of sp³-hybridized carbons (Fsp3) is 0.364. The van der Waals surface area contributed by atoms with E-state index in [9.17, 15) is 0 Å². The largest absolute Gasteiger partial charge is 0.457 e. The lowest BCUT2D eigenvalue weighted by Crippen LogP contribution is -2.20. The topological polar surface area (TPSA) is 81.8 Å². The van der Waals surface area contributed by atoms with E-state index in [0.29, 0.717) is 12.0 Å². The summed E-state index contributed by atoms with van der Waals surface area (Å²) >= 11 is 0. The van der Waals surface area contributed by atoms with E-state index in [1.165, 1.54) is 30.7 Å². The van der Waals surface area contributed by atoms with Crippen molar-refractivity contribution in [1.82, 2.24) is 29.4 Å². The summed E-state index contributed by atoms with van der Waals surface area (Å²) in [5.41, 5.74) is 2.30. The Kier molecular flexibility index (Phi) is 8.57. The maximum absolute atomic E-state index is 5.98. The third-order valence-corrected chi connectivity index (χ3v) is 8.13. The second-order valence-corrected chi connectivity index (χ2v) is 10.9. The van der Waals surface area contributed by atoms with Gasteiger partial charge in [0.2, 0.25) is 0 Å². The number of benzene rings is 2. The van der Waals surface area contributed by atoms with Crippen molar-refractivity contribution in [1.29, 1.82) is 0 Å². The summed E-state index contributed by atoms with van der Waals surface area (Å²) in [6, 6.07) is 20.9. The average molecular weight is 550 g/mol. The molecule has 1 aliphatic rings. The SMILES string of the molecule is CNc1ncnc2c1ccn2C1CCC(Cn2ccnc2CCCNCCc2cccc(Oc3ccccc3)c2)C1. The molecule has 3 aromatic heterocycles. The van der Waals surface area contributed by atoms with Crippen LogP contribution in [-0.2, 0) is 19.4 Å². The van der Waals surface area contributed by atoms with Gasteiger partial charge in [0, 0.05) is 44.6 Å². The van der Waals surface area contributed by atoms with Gasteiger partial charge in [-0.05, 0) is 87.0 Å². The molecule has 6 rings (SSSR count). The van der Waals surface area contributed by atoms with E-state index in [-0.39, 0.29) is 0 Å². The van der Waals surface area contributed by atoms with E-state index in [2.05, 4.69) is 71.4 Å².